The van der Waals surface area contributed by atoms with Crippen molar-refractivity contribution < 1.29 is 19.1 Å². The monoisotopic (exact) mass is 488 g/mol. The Labute approximate surface area is 201 Å². The van der Waals surface area contributed by atoms with E-state index in [1.165, 1.54) is 0 Å². The van der Waals surface area contributed by atoms with Crippen LogP contribution >= 0.6 is 24.2 Å². The van der Waals surface area contributed by atoms with Gasteiger partial charge in [-0.15, -0.1) is 17.5 Å². The lowest BCUT2D eigenvalue weighted by molar-refractivity contribution is -0.142. The van der Waals surface area contributed by atoms with E-state index in [1.807, 2.05) is 0 Å². The van der Waals surface area contributed by atoms with Gasteiger partial charge in [-0.05, 0) is 52.4 Å². The Bertz CT molecular complexity index is 701. The van der Waals surface area contributed by atoms with E-state index in [0.29, 0.717) is 31.2 Å². The highest BCUT2D eigenvalue weighted by Gasteiger charge is 2.37. The van der Waals surface area contributed by atoms with Crippen molar-refractivity contribution in [2.45, 2.75) is 77.3 Å². The Balaban J connectivity index is 0.00000363. The number of nitrogens with one attached hydrogen (secondary N) is 2. The molecule has 2 N–H and O–H groups in total. The van der Waals surface area contributed by atoms with Crippen LogP contribution < -0.4 is 10.7 Å². The molecule has 1 unspecified atom stereocenters. The number of amidine groups is 1. The minimum absolute atomic E-state index is 0. The summed E-state index contributed by atoms with van der Waals surface area (Å²) in [4.78, 5) is 40.8. The van der Waals surface area contributed by atoms with Crippen LogP contribution in [0.5, 0.6) is 0 Å². The predicted octanol–water partition coefficient (Wildman–Crippen LogP) is 2.70. The molecule has 3 aliphatic rings. The van der Waals surface area contributed by atoms with Crippen LogP contribution in [0.25, 0.3) is 0 Å². The molecule has 10 heteroatoms. The summed E-state index contributed by atoms with van der Waals surface area (Å²) in [6.07, 6.45) is 6.22. The Morgan fingerprint density at radius 3 is 2.38 bits per heavy atom. The first-order valence-electron chi connectivity index (χ1n) is 11.5. The van der Waals surface area contributed by atoms with Crippen LogP contribution in [-0.4, -0.2) is 64.8 Å². The van der Waals surface area contributed by atoms with E-state index in [2.05, 4.69) is 41.5 Å². The molecule has 0 radical (unpaired) electrons. The molecule has 2 heterocycles. The van der Waals surface area contributed by atoms with Crippen molar-refractivity contribution in [2.75, 3.05) is 25.5 Å². The minimum atomic E-state index is -0.825. The fourth-order valence-electron chi connectivity index (χ4n) is 4.49. The summed E-state index contributed by atoms with van der Waals surface area (Å²) < 4.78 is 5.42. The molecule has 2 saturated heterocycles. The summed E-state index contributed by atoms with van der Waals surface area (Å²) in [6, 6.07) is -0.825. The zero-order valence-electron chi connectivity index (χ0n) is 19.4. The second-order valence-electron chi connectivity index (χ2n) is 9.64. The SMILES string of the molecule is CC(C)(C)N1CCSC1=NNC(=O)C(=O)C(NC(=O)C1CCCCC1)C1CCOCC1.Cl. The van der Waals surface area contributed by atoms with E-state index >= 15 is 0 Å². The van der Waals surface area contributed by atoms with Crippen LogP contribution in [0.1, 0.15) is 65.7 Å². The van der Waals surface area contributed by atoms with E-state index in [4.69, 9.17) is 4.74 Å². The van der Waals surface area contributed by atoms with Gasteiger partial charge in [0.1, 0.15) is 6.04 Å². The lowest BCUT2D eigenvalue weighted by Crippen LogP contribution is -2.53. The second kappa shape index (κ2) is 12.2. The molecule has 2 aliphatic heterocycles. The molecule has 1 aliphatic carbocycles. The summed E-state index contributed by atoms with van der Waals surface area (Å²) in [5, 5.41) is 7.88. The van der Waals surface area contributed by atoms with Gasteiger partial charge in [-0.25, -0.2) is 5.43 Å². The molecule has 0 aromatic carbocycles. The highest BCUT2D eigenvalue weighted by atomic mass is 35.5. The first-order chi connectivity index (χ1) is 14.8. The standard InChI is InChI=1S/C22H36N4O4S.ClH/c1-22(2,3)26-11-14-31-21(26)25-24-20(29)18(27)17(15-9-12-30-13-10-15)23-19(28)16-7-5-4-6-8-16;/h15-17H,4-14H2,1-3H3,(H,23,28)(H,24,29);1H. The molecule has 182 valence electrons. The molecule has 0 bridgehead atoms. The van der Waals surface area contributed by atoms with E-state index < -0.39 is 17.7 Å². The molecule has 32 heavy (non-hydrogen) atoms. The zero-order chi connectivity index (χ0) is 22.4. The number of carbonyl (C=O) groups is 3. The van der Waals surface area contributed by atoms with Gasteiger partial charge >= 0.3 is 5.91 Å². The van der Waals surface area contributed by atoms with Gasteiger partial charge in [-0.3, -0.25) is 14.4 Å². The molecule has 0 spiro atoms. The van der Waals surface area contributed by atoms with Crippen LogP contribution in [-0.2, 0) is 19.1 Å². The molecular formula is C22H37ClN4O4S. The van der Waals surface area contributed by atoms with Gasteiger partial charge in [0.25, 0.3) is 0 Å². The largest absolute Gasteiger partial charge is 0.381 e. The highest BCUT2D eigenvalue weighted by molar-refractivity contribution is 8.14. The third-order valence-electron chi connectivity index (χ3n) is 6.36. The molecule has 0 aromatic rings. The van der Waals surface area contributed by atoms with Gasteiger partial charge in [0, 0.05) is 37.0 Å². The molecule has 0 aromatic heterocycles. The Morgan fingerprint density at radius 1 is 1.09 bits per heavy atom. The number of carbonyl (C=O) groups excluding carboxylic acids is 3. The Hall–Kier alpha value is -1.32. The van der Waals surface area contributed by atoms with E-state index in [9.17, 15) is 14.4 Å². The molecule has 2 amide bonds. The van der Waals surface area contributed by atoms with E-state index in [0.717, 1.165) is 44.4 Å². The number of hydrogen-bond donors (Lipinski definition) is 2. The summed E-state index contributed by atoms with van der Waals surface area (Å²) in [5.41, 5.74) is 2.34. The van der Waals surface area contributed by atoms with Crippen molar-refractivity contribution in [3.8, 4) is 0 Å². The Morgan fingerprint density at radius 2 is 1.75 bits per heavy atom. The lowest BCUT2D eigenvalue weighted by atomic mass is 9.85. The topological polar surface area (TPSA) is 100 Å². The number of hydrogen-bond acceptors (Lipinski definition) is 6. The van der Waals surface area contributed by atoms with Crippen LogP contribution in [0.2, 0.25) is 0 Å². The maximum atomic E-state index is 13.1. The summed E-state index contributed by atoms with van der Waals surface area (Å²) in [6.45, 7) is 8.18. The molecule has 3 rings (SSSR count). The minimum Gasteiger partial charge on any atom is -0.381 e. The maximum Gasteiger partial charge on any atom is 0.309 e. The number of nitrogens with zero attached hydrogens (tertiary/aromatic N) is 2. The van der Waals surface area contributed by atoms with Gasteiger partial charge in [-0.1, -0.05) is 31.0 Å². The molecule has 1 saturated carbocycles. The zero-order valence-corrected chi connectivity index (χ0v) is 21.0. The van der Waals surface area contributed by atoms with Crippen molar-refractivity contribution >= 4 is 46.9 Å². The van der Waals surface area contributed by atoms with Gasteiger partial charge < -0.3 is 15.0 Å². The van der Waals surface area contributed by atoms with Gasteiger partial charge in [0.05, 0.1) is 0 Å². The fraction of sp³-hybridized carbons (Fsp3) is 0.818. The molecule has 8 nitrogen and oxygen atoms in total. The predicted molar refractivity (Wildman–Crippen MR) is 129 cm³/mol. The fourth-order valence-corrected chi connectivity index (χ4v) is 5.58. The summed E-state index contributed by atoms with van der Waals surface area (Å²) >= 11 is 1.56. The van der Waals surface area contributed by atoms with Crippen molar-refractivity contribution in [2.24, 2.45) is 16.9 Å². The highest BCUT2D eigenvalue weighted by Crippen LogP contribution is 2.27. The smallest absolute Gasteiger partial charge is 0.309 e. The number of ketones is 1. The summed E-state index contributed by atoms with van der Waals surface area (Å²) in [5.74, 6) is -0.766. The number of hydrazone groups is 1. The normalized spacial score (nSPS) is 22.8. The molecule has 1 atom stereocenters. The lowest BCUT2D eigenvalue weighted by Gasteiger charge is -2.33. The quantitative estimate of drug-likeness (QED) is 0.440. The number of halogens is 1. The number of rotatable bonds is 6. The van der Waals surface area contributed by atoms with Crippen LogP contribution in [0.3, 0.4) is 0 Å². The third-order valence-corrected chi connectivity index (χ3v) is 7.31. The van der Waals surface area contributed by atoms with Crippen molar-refractivity contribution in [1.29, 1.82) is 0 Å². The van der Waals surface area contributed by atoms with Crippen molar-refractivity contribution in [3.05, 3.63) is 0 Å². The summed E-state index contributed by atoms with van der Waals surface area (Å²) in [7, 11) is 0. The Kier molecular flexibility index (Phi) is 10.3. The number of thioether (sulfide) groups is 1. The second-order valence-corrected chi connectivity index (χ2v) is 10.7. The number of amides is 2. The van der Waals surface area contributed by atoms with E-state index in [-0.39, 0.29) is 35.7 Å². The number of Topliss-reactive ketones (excluding diaryl/α,β-unsaturated/α-hetero) is 1. The third kappa shape index (κ3) is 7.09. The van der Waals surface area contributed by atoms with Crippen LogP contribution in [0.4, 0.5) is 0 Å². The van der Waals surface area contributed by atoms with Crippen LogP contribution in [0, 0.1) is 11.8 Å². The van der Waals surface area contributed by atoms with Crippen molar-refractivity contribution in [1.82, 2.24) is 15.6 Å². The van der Waals surface area contributed by atoms with E-state index in [1.54, 1.807) is 11.8 Å². The van der Waals surface area contributed by atoms with Gasteiger partial charge in [0.15, 0.2) is 5.17 Å². The molecular weight excluding hydrogens is 452 g/mol. The first kappa shape index (κ1) is 26.9. The van der Waals surface area contributed by atoms with Gasteiger partial charge in [-0.2, -0.15) is 0 Å². The maximum absolute atomic E-state index is 13.1. The van der Waals surface area contributed by atoms with Crippen LogP contribution in [0.15, 0.2) is 5.10 Å². The number of ether oxygens (including phenoxy) is 1. The van der Waals surface area contributed by atoms with Crippen molar-refractivity contribution in [3.63, 3.8) is 0 Å². The first-order valence-corrected chi connectivity index (χ1v) is 12.5. The van der Waals surface area contributed by atoms with Gasteiger partial charge in [0.2, 0.25) is 11.7 Å². The average Bonchev–Trinajstić information content (AvgIpc) is 3.26. The molecule has 3 fully saturated rings. The average molecular weight is 489 g/mol.